The van der Waals surface area contributed by atoms with Gasteiger partial charge in [0.15, 0.2) is 0 Å². The second kappa shape index (κ2) is 20.8. The number of halogens is 5. The van der Waals surface area contributed by atoms with Crippen LogP contribution in [0.25, 0.3) is 0 Å². The van der Waals surface area contributed by atoms with Crippen molar-refractivity contribution in [2.24, 2.45) is 11.8 Å². The number of hydrogen-bond acceptors (Lipinski definition) is 8. The molecular formula is C36H57F5N4O7. The lowest BCUT2D eigenvalue weighted by Gasteiger charge is -2.39. The van der Waals surface area contributed by atoms with Crippen LogP contribution in [0.1, 0.15) is 80.6 Å². The molecule has 0 aromatic heterocycles. The van der Waals surface area contributed by atoms with Gasteiger partial charge in [-0.1, -0.05) is 40.5 Å². The van der Waals surface area contributed by atoms with E-state index in [9.17, 15) is 41.1 Å². The van der Waals surface area contributed by atoms with Gasteiger partial charge in [-0.3, -0.25) is 24.1 Å². The molecule has 1 aliphatic heterocycles. The highest BCUT2D eigenvalue weighted by Gasteiger charge is 2.43. The first-order valence-electron chi connectivity index (χ1n) is 17.5. The summed E-state index contributed by atoms with van der Waals surface area (Å²) >= 11 is 0. The minimum absolute atomic E-state index is 0.126. The molecule has 11 nitrogen and oxygen atoms in total. The van der Waals surface area contributed by atoms with Gasteiger partial charge in [0.1, 0.15) is 0 Å². The maximum atomic E-state index is 14.2. The van der Waals surface area contributed by atoms with Crippen LogP contribution in [-0.4, -0.2) is 117 Å². The number of hydrogen-bond donors (Lipinski definition) is 1. The number of ether oxygens (including phenoxy) is 3. The Balaban J connectivity index is 0.00000434. The van der Waals surface area contributed by atoms with Crippen LogP contribution in [-0.2, 0) is 28.7 Å². The van der Waals surface area contributed by atoms with Gasteiger partial charge in [0, 0.05) is 27.8 Å². The standard InChI is InChI=1S/C33H49F5N4O7.C3H8/c1-11-17(2)28(41(8)22(44)16-39-32(46)33(4,5)40(6)7)20(47-9)15-21(43)42-14-12-13-19(42)29(48-10)18(3)31(45)49-30-26(37)24(35)23(34)25(36)27(30)38;1-3-2/h17-20,28-29H,11-16H2,1-10H3,(H,39,46);3H2,1-2H3. The molecule has 52 heavy (non-hydrogen) atoms. The maximum Gasteiger partial charge on any atom is 0.316 e. The zero-order chi connectivity index (χ0) is 40.2. The number of methoxy groups -OCH3 is 2. The normalized spacial score (nSPS) is 17.4. The number of rotatable bonds is 16. The molecule has 6 atom stereocenters. The van der Waals surface area contributed by atoms with E-state index in [0.29, 0.717) is 19.3 Å². The molecule has 1 aromatic rings. The lowest BCUT2D eigenvalue weighted by Crippen LogP contribution is -2.56. The fourth-order valence-electron chi connectivity index (χ4n) is 5.88. The van der Waals surface area contributed by atoms with Crippen LogP contribution in [0.4, 0.5) is 22.0 Å². The summed E-state index contributed by atoms with van der Waals surface area (Å²) < 4.78 is 85.2. The molecule has 2 rings (SSSR count). The van der Waals surface area contributed by atoms with Crippen LogP contribution >= 0.6 is 0 Å². The van der Waals surface area contributed by atoms with E-state index < -0.39 is 76.6 Å². The lowest BCUT2D eigenvalue weighted by molar-refractivity contribution is -0.150. The van der Waals surface area contributed by atoms with Gasteiger partial charge in [0.05, 0.1) is 48.7 Å². The molecular weight excluding hydrogens is 695 g/mol. The fraction of sp³-hybridized carbons (Fsp3) is 0.722. The van der Waals surface area contributed by atoms with Crippen molar-refractivity contribution in [3.05, 3.63) is 29.1 Å². The number of likely N-dealkylation sites (N-methyl/N-ethyl adjacent to an activating group) is 2. The summed E-state index contributed by atoms with van der Waals surface area (Å²) in [5.41, 5.74) is -0.861. The lowest BCUT2D eigenvalue weighted by atomic mass is 9.90. The van der Waals surface area contributed by atoms with Crippen molar-refractivity contribution in [3.63, 3.8) is 0 Å². The van der Waals surface area contributed by atoms with E-state index >= 15 is 0 Å². The Kier molecular flexibility index (Phi) is 18.6. The highest BCUT2D eigenvalue weighted by Crippen LogP contribution is 2.32. The first kappa shape index (κ1) is 46.7. The van der Waals surface area contributed by atoms with Gasteiger partial charge in [-0.05, 0) is 53.6 Å². The first-order chi connectivity index (χ1) is 24.2. The Bertz CT molecular complexity index is 1350. The summed E-state index contributed by atoms with van der Waals surface area (Å²) in [7, 11) is 7.75. The van der Waals surface area contributed by atoms with Crippen LogP contribution in [0.2, 0.25) is 0 Å². The van der Waals surface area contributed by atoms with Crippen LogP contribution in [0.15, 0.2) is 0 Å². The van der Waals surface area contributed by atoms with Crippen molar-refractivity contribution in [2.45, 2.75) is 110 Å². The van der Waals surface area contributed by atoms with Gasteiger partial charge in [-0.15, -0.1) is 0 Å². The van der Waals surface area contributed by atoms with Gasteiger partial charge >= 0.3 is 5.97 Å². The van der Waals surface area contributed by atoms with Gasteiger partial charge in [-0.25, -0.2) is 13.2 Å². The first-order valence-corrected chi connectivity index (χ1v) is 17.5. The summed E-state index contributed by atoms with van der Waals surface area (Å²) in [6.07, 6.45) is 0.758. The number of carbonyl (C=O) groups is 4. The summed E-state index contributed by atoms with van der Waals surface area (Å²) in [5.74, 6) is -17.1. The van der Waals surface area contributed by atoms with Crippen molar-refractivity contribution < 1.29 is 55.3 Å². The third-order valence-electron chi connectivity index (χ3n) is 9.71. The highest BCUT2D eigenvalue weighted by atomic mass is 19.2. The summed E-state index contributed by atoms with van der Waals surface area (Å²) in [6, 6.07) is -1.29. The molecule has 1 heterocycles. The Morgan fingerprint density at radius 1 is 0.904 bits per heavy atom. The molecule has 1 N–H and O–H groups in total. The average Bonchev–Trinajstić information content (AvgIpc) is 3.59. The Labute approximate surface area is 304 Å². The molecule has 6 unspecified atom stereocenters. The van der Waals surface area contributed by atoms with E-state index in [-0.39, 0.29) is 43.1 Å². The van der Waals surface area contributed by atoms with Crippen LogP contribution in [0.3, 0.4) is 0 Å². The van der Waals surface area contributed by atoms with E-state index in [1.165, 1.54) is 37.4 Å². The molecule has 16 heteroatoms. The van der Waals surface area contributed by atoms with E-state index in [1.807, 2.05) is 13.8 Å². The number of benzene rings is 1. The van der Waals surface area contributed by atoms with E-state index in [1.54, 1.807) is 39.9 Å². The molecule has 0 saturated carbocycles. The van der Waals surface area contributed by atoms with E-state index in [2.05, 4.69) is 23.9 Å². The molecule has 0 radical (unpaired) electrons. The predicted molar refractivity (Wildman–Crippen MR) is 185 cm³/mol. The minimum atomic E-state index is -2.39. The largest absolute Gasteiger partial charge is 0.420 e. The second-order valence-corrected chi connectivity index (χ2v) is 13.8. The van der Waals surface area contributed by atoms with Crippen molar-refractivity contribution >= 4 is 23.7 Å². The van der Waals surface area contributed by atoms with Crippen molar-refractivity contribution in [1.82, 2.24) is 20.0 Å². The van der Waals surface area contributed by atoms with E-state index in [4.69, 9.17) is 9.47 Å². The smallest absolute Gasteiger partial charge is 0.316 e. The van der Waals surface area contributed by atoms with Crippen LogP contribution in [0.5, 0.6) is 5.75 Å². The summed E-state index contributed by atoms with van der Waals surface area (Å²) in [6.45, 7) is 12.8. The molecule has 0 spiro atoms. The minimum Gasteiger partial charge on any atom is -0.420 e. The third kappa shape index (κ3) is 11.1. The monoisotopic (exact) mass is 752 g/mol. The Hall–Kier alpha value is -3.37. The molecule has 1 aromatic carbocycles. The molecule has 0 bridgehead atoms. The topological polar surface area (TPSA) is 118 Å². The van der Waals surface area contributed by atoms with Crippen LogP contribution in [0, 0.1) is 40.9 Å². The van der Waals surface area contributed by atoms with Gasteiger partial charge in [0.25, 0.3) is 0 Å². The Morgan fingerprint density at radius 3 is 1.88 bits per heavy atom. The fourth-order valence-corrected chi connectivity index (χ4v) is 5.88. The average molecular weight is 753 g/mol. The Morgan fingerprint density at radius 2 is 1.42 bits per heavy atom. The molecule has 1 saturated heterocycles. The number of nitrogens with zero attached hydrogens (tertiary/aromatic N) is 3. The van der Waals surface area contributed by atoms with Gasteiger partial charge < -0.3 is 29.3 Å². The van der Waals surface area contributed by atoms with Crippen molar-refractivity contribution in [2.75, 3.05) is 48.5 Å². The zero-order valence-electron chi connectivity index (χ0n) is 32.5. The van der Waals surface area contributed by atoms with Crippen molar-refractivity contribution in [1.29, 1.82) is 0 Å². The predicted octanol–water partition coefficient (Wildman–Crippen LogP) is 5.08. The summed E-state index contributed by atoms with van der Waals surface area (Å²) in [4.78, 5) is 57.4. The zero-order valence-corrected chi connectivity index (χ0v) is 32.5. The second-order valence-electron chi connectivity index (χ2n) is 13.8. The highest BCUT2D eigenvalue weighted by molar-refractivity contribution is 5.89. The van der Waals surface area contributed by atoms with Crippen LogP contribution < -0.4 is 10.1 Å². The van der Waals surface area contributed by atoms with E-state index in [0.717, 1.165) is 0 Å². The van der Waals surface area contributed by atoms with Gasteiger partial charge in [0.2, 0.25) is 52.6 Å². The number of esters is 1. The molecule has 1 fully saturated rings. The summed E-state index contributed by atoms with van der Waals surface area (Å²) in [5, 5.41) is 2.68. The molecule has 298 valence electrons. The number of amides is 3. The maximum absolute atomic E-state index is 14.2. The number of likely N-dealkylation sites (tertiary alicyclic amines) is 1. The molecule has 1 aliphatic rings. The number of nitrogens with one attached hydrogen (secondary N) is 1. The third-order valence-corrected chi connectivity index (χ3v) is 9.71. The number of carbonyl (C=O) groups excluding carboxylic acids is 4. The quantitative estimate of drug-likeness (QED) is 0.0818. The van der Waals surface area contributed by atoms with Crippen molar-refractivity contribution in [3.8, 4) is 5.75 Å². The molecule has 3 amide bonds. The SMILES string of the molecule is CCC.CCC(C)C(C(CC(=O)N1CCCC1C(OC)C(C)C(=O)Oc1c(F)c(F)c(F)c(F)c1F)OC)N(C)C(=O)CNC(=O)C(C)(C)N(C)C. The molecule has 0 aliphatic carbocycles. The van der Waals surface area contributed by atoms with Gasteiger partial charge in [-0.2, -0.15) is 8.78 Å².